The molecule has 5 nitrogen and oxygen atoms in total. The highest BCUT2D eigenvalue weighted by Crippen LogP contribution is 2.16. The Morgan fingerprint density at radius 2 is 1.63 bits per heavy atom. The summed E-state index contributed by atoms with van der Waals surface area (Å²) in [6.07, 6.45) is 0. The van der Waals surface area contributed by atoms with Crippen LogP contribution in [-0.2, 0) is 6.54 Å². The molecule has 0 atom stereocenters. The maximum atomic E-state index is 11.9. The number of carbonyl (C=O) groups excluding carboxylic acids is 1. The first-order chi connectivity index (χ1) is 9.06. The van der Waals surface area contributed by atoms with Gasteiger partial charge in [-0.25, -0.2) is 0 Å². The molecule has 98 valence electrons. The van der Waals surface area contributed by atoms with E-state index in [0.29, 0.717) is 29.2 Å². The predicted octanol–water partition coefficient (Wildman–Crippen LogP) is 1.36. The van der Waals surface area contributed by atoms with Crippen molar-refractivity contribution in [1.29, 1.82) is 0 Å². The number of nitrogen functional groups attached to an aromatic ring is 3. The number of anilines is 3. The molecule has 0 unspecified atom stereocenters. The smallest absolute Gasteiger partial charge is 0.251 e. The van der Waals surface area contributed by atoms with Gasteiger partial charge < -0.3 is 22.5 Å². The van der Waals surface area contributed by atoms with Crippen molar-refractivity contribution in [3.05, 3.63) is 53.6 Å². The van der Waals surface area contributed by atoms with Gasteiger partial charge in [-0.1, -0.05) is 12.1 Å². The van der Waals surface area contributed by atoms with Crippen LogP contribution in [0, 0.1) is 0 Å². The second-order valence-electron chi connectivity index (χ2n) is 4.27. The van der Waals surface area contributed by atoms with Crippen molar-refractivity contribution >= 4 is 23.0 Å². The van der Waals surface area contributed by atoms with Crippen molar-refractivity contribution in [2.24, 2.45) is 0 Å². The molecule has 0 fully saturated rings. The van der Waals surface area contributed by atoms with Gasteiger partial charge in [0.15, 0.2) is 0 Å². The van der Waals surface area contributed by atoms with Crippen LogP contribution in [-0.4, -0.2) is 5.91 Å². The average Bonchev–Trinajstić information content (AvgIpc) is 2.41. The monoisotopic (exact) mass is 256 g/mol. The molecule has 0 aliphatic heterocycles. The van der Waals surface area contributed by atoms with E-state index in [0.717, 1.165) is 5.56 Å². The summed E-state index contributed by atoms with van der Waals surface area (Å²) in [7, 11) is 0. The molecule has 19 heavy (non-hydrogen) atoms. The van der Waals surface area contributed by atoms with Crippen molar-refractivity contribution in [1.82, 2.24) is 5.32 Å². The maximum absolute atomic E-state index is 11.9. The number of hydrogen-bond acceptors (Lipinski definition) is 4. The van der Waals surface area contributed by atoms with Gasteiger partial charge in [0, 0.05) is 17.8 Å². The van der Waals surface area contributed by atoms with Crippen LogP contribution >= 0.6 is 0 Å². The van der Waals surface area contributed by atoms with E-state index < -0.39 is 0 Å². The Morgan fingerprint density at radius 1 is 0.947 bits per heavy atom. The molecule has 0 saturated heterocycles. The summed E-state index contributed by atoms with van der Waals surface area (Å²) in [5.41, 5.74) is 19.9. The van der Waals surface area contributed by atoms with Crippen LogP contribution in [0.1, 0.15) is 15.9 Å². The van der Waals surface area contributed by atoms with Crippen LogP contribution in [0.15, 0.2) is 42.5 Å². The molecule has 0 aliphatic carbocycles. The Balaban J connectivity index is 2.01. The van der Waals surface area contributed by atoms with Gasteiger partial charge in [0.05, 0.1) is 11.4 Å². The van der Waals surface area contributed by atoms with Gasteiger partial charge in [-0.15, -0.1) is 0 Å². The SMILES string of the molecule is Nc1ccc(CNC(=O)c2ccc(N)c(N)c2)cc1. The molecule has 0 heterocycles. The topological polar surface area (TPSA) is 107 Å². The Hall–Kier alpha value is -2.69. The van der Waals surface area contributed by atoms with Gasteiger partial charge in [0.2, 0.25) is 0 Å². The third-order valence-electron chi connectivity index (χ3n) is 2.78. The highest BCUT2D eigenvalue weighted by molar-refractivity contribution is 5.95. The molecular formula is C14H16N4O. The third-order valence-corrected chi connectivity index (χ3v) is 2.78. The van der Waals surface area contributed by atoms with Crippen LogP contribution in [0.2, 0.25) is 0 Å². The first kappa shape index (κ1) is 12.8. The third kappa shape index (κ3) is 3.16. The molecular weight excluding hydrogens is 240 g/mol. The fraction of sp³-hybridized carbons (Fsp3) is 0.0714. The number of benzene rings is 2. The molecule has 1 amide bonds. The molecule has 5 heteroatoms. The lowest BCUT2D eigenvalue weighted by atomic mass is 10.1. The van der Waals surface area contributed by atoms with Gasteiger partial charge in [-0.2, -0.15) is 0 Å². The van der Waals surface area contributed by atoms with Crippen LogP contribution in [0.4, 0.5) is 17.1 Å². The summed E-state index contributed by atoms with van der Waals surface area (Å²) >= 11 is 0. The van der Waals surface area contributed by atoms with E-state index in [1.165, 1.54) is 0 Å². The van der Waals surface area contributed by atoms with Gasteiger partial charge in [-0.3, -0.25) is 4.79 Å². The van der Waals surface area contributed by atoms with E-state index in [4.69, 9.17) is 17.2 Å². The van der Waals surface area contributed by atoms with E-state index in [9.17, 15) is 4.79 Å². The zero-order valence-electron chi connectivity index (χ0n) is 10.4. The van der Waals surface area contributed by atoms with Crippen molar-refractivity contribution in [2.45, 2.75) is 6.54 Å². The molecule has 0 aliphatic rings. The number of hydrogen-bond donors (Lipinski definition) is 4. The number of carbonyl (C=O) groups is 1. The minimum absolute atomic E-state index is 0.191. The summed E-state index contributed by atoms with van der Waals surface area (Å²) in [4.78, 5) is 11.9. The largest absolute Gasteiger partial charge is 0.399 e. The lowest BCUT2D eigenvalue weighted by Gasteiger charge is -2.07. The Labute approximate surface area is 111 Å². The number of nitrogens with one attached hydrogen (secondary N) is 1. The molecule has 0 radical (unpaired) electrons. The minimum Gasteiger partial charge on any atom is -0.399 e. The standard InChI is InChI=1S/C14H16N4O/c15-11-4-1-9(2-5-11)8-18-14(19)10-3-6-12(16)13(17)7-10/h1-7H,8,15-17H2,(H,18,19). The molecule has 0 spiro atoms. The fourth-order valence-electron chi connectivity index (χ4n) is 1.64. The second-order valence-corrected chi connectivity index (χ2v) is 4.27. The Bertz CT molecular complexity index is 593. The number of rotatable bonds is 3. The fourth-order valence-corrected chi connectivity index (χ4v) is 1.64. The van der Waals surface area contributed by atoms with Gasteiger partial charge in [-0.05, 0) is 35.9 Å². The first-order valence-electron chi connectivity index (χ1n) is 5.84. The first-order valence-corrected chi connectivity index (χ1v) is 5.84. The number of nitrogens with two attached hydrogens (primary N) is 3. The summed E-state index contributed by atoms with van der Waals surface area (Å²) in [5.74, 6) is -0.191. The molecule has 7 N–H and O–H groups in total. The highest BCUT2D eigenvalue weighted by atomic mass is 16.1. The van der Waals surface area contributed by atoms with Crippen LogP contribution < -0.4 is 22.5 Å². The van der Waals surface area contributed by atoms with Gasteiger partial charge in [0.1, 0.15) is 0 Å². The quantitative estimate of drug-likeness (QED) is 0.622. The zero-order chi connectivity index (χ0) is 13.8. The van der Waals surface area contributed by atoms with Gasteiger partial charge >= 0.3 is 0 Å². The van der Waals surface area contributed by atoms with E-state index in [-0.39, 0.29) is 5.91 Å². The highest BCUT2D eigenvalue weighted by Gasteiger charge is 2.06. The van der Waals surface area contributed by atoms with Crippen molar-refractivity contribution in [3.63, 3.8) is 0 Å². The van der Waals surface area contributed by atoms with Crippen LogP contribution in [0.3, 0.4) is 0 Å². The lowest BCUT2D eigenvalue weighted by Crippen LogP contribution is -2.22. The van der Waals surface area contributed by atoms with Crippen molar-refractivity contribution in [2.75, 3.05) is 17.2 Å². The van der Waals surface area contributed by atoms with E-state index in [1.54, 1.807) is 30.3 Å². The summed E-state index contributed by atoms with van der Waals surface area (Å²) in [6, 6.07) is 12.1. The average molecular weight is 256 g/mol. The lowest BCUT2D eigenvalue weighted by molar-refractivity contribution is 0.0951. The Morgan fingerprint density at radius 3 is 2.26 bits per heavy atom. The summed E-state index contributed by atoms with van der Waals surface area (Å²) < 4.78 is 0. The number of amides is 1. The van der Waals surface area contributed by atoms with E-state index >= 15 is 0 Å². The minimum atomic E-state index is -0.191. The second kappa shape index (κ2) is 5.30. The summed E-state index contributed by atoms with van der Waals surface area (Å²) in [6.45, 7) is 0.434. The molecule has 2 aromatic rings. The Kier molecular flexibility index (Phi) is 3.56. The molecule has 0 bridgehead atoms. The van der Waals surface area contributed by atoms with Crippen molar-refractivity contribution in [3.8, 4) is 0 Å². The predicted molar refractivity (Wildman–Crippen MR) is 77.3 cm³/mol. The maximum Gasteiger partial charge on any atom is 0.251 e. The molecule has 2 rings (SSSR count). The van der Waals surface area contributed by atoms with E-state index in [1.807, 2.05) is 12.1 Å². The molecule has 2 aromatic carbocycles. The normalized spacial score (nSPS) is 10.1. The molecule has 0 saturated carbocycles. The molecule has 0 aromatic heterocycles. The van der Waals surface area contributed by atoms with Crippen LogP contribution in [0.25, 0.3) is 0 Å². The summed E-state index contributed by atoms with van der Waals surface area (Å²) in [5, 5.41) is 2.81. The van der Waals surface area contributed by atoms with Crippen molar-refractivity contribution < 1.29 is 4.79 Å². The van der Waals surface area contributed by atoms with Gasteiger partial charge in [0.25, 0.3) is 5.91 Å². The van der Waals surface area contributed by atoms with E-state index in [2.05, 4.69) is 5.32 Å². The van der Waals surface area contributed by atoms with Crippen LogP contribution in [0.5, 0.6) is 0 Å². The zero-order valence-corrected chi connectivity index (χ0v) is 10.4.